The predicted octanol–water partition coefficient (Wildman–Crippen LogP) is 4.14. The van der Waals surface area contributed by atoms with Crippen molar-refractivity contribution in [2.75, 3.05) is 12.4 Å². The Morgan fingerprint density at radius 3 is 2.50 bits per heavy atom. The second kappa shape index (κ2) is 8.44. The van der Waals surface area contributed by atoms with Gasteiger partial charge in [-0.3, -0.25) is 14.9 Å². The lowest BCUT2D eigenvalue weighted by Gasteiger charge is -2.28. The van der Waals surface area contributed by atoms with Crippen molar-refractivity contribution >= 4 is 52.1 Å². The summed E-state index contributed by atoms with van der Waals surface area (Å²) in [4.78, 5) is 22.7. The van der Waals surface area contributed by atoms with E-state index in [1.807, 2.05) is 0 Å². The first kappa shape index (κ1) is 20.1. The van der Waals surface area contributed by atoms with Crippen molar-refractivity contribution < 1.29 is 14.5 Å². The molecule has 2 N–H and O–H groups in total. The number of para-hydroxylation sites is 2. The number of non-ortho nitro benzene ring substituents is 1. The number of hydrogen-bond acceptors (Lipinski definition) is 5. The van der Waals surface area contributed by atoms with Gasteiger partial charge >= 0.3 is 0 Å². The van der Waals surface area contributed by atoms with Crippen LogP contribution in [0, 0.1) is 10.1 Å². The van der Waals surface area contributed by atoms with E-state index in [9.17, 15) is 14.9 Å². The third-order valence-corrected chi connectivity index (χ3v) is 3.98. The zero-order valence-electron chi connectivity index (χ0n) is 13.4. The Morgan fingerprint density at radius 2 is 1.88 bits per heavy atom. The zero-order chi connectivity index (χ0) is 19.3. The summed E-state index contributed by atoms with van der Waals surface area (Å²) in [7, 11) is 1.48. The maximum atomic E-state index is 12.4. The number of anilines is 1. The molecule has 0 saturated heterocycles. The molecule has 0 aliphatic rings. The Balaban J connectivity index is 2.24. The molecule has 0 fully saturated rings. The summed E-state index contributed by atoms with van der Waals surface area (Å²) in [6, 6.07) is 12.1. The average Bonchev–Trinajstić information content (AvgIpc) is 2.60. The van der Waals surface area contributed by atoms with Gasteiger partial charge in [-0.1, -0.05) is 53.0 Å². The third-order valence-electron chi connectivity index (χ3n) is 3.33. The minimum Gasteiger partial charge on any atom is -0.495 e. The first-order valence-corrected chi connectivity index (χ1v) is 8.37. The summed E-state index contributed by atoms with van der Waals surface area (Å²) >= 11 is 17.9. The number of methoxy groups -OCH3 is 1. The number of carbonyl (C=O) groups is 1. The maximum Gasteiger partial charge on any atom is 0.270 e. The first-order chi connectivity index (χ1) is 12.2. The number of halogens is 3. The number of nitro groups is 1. The van der Waals surface area contributed by atoms with Crippen LogP contribution < -0.4 is 15.4 Å². The number of nitro benzene ring substituents is 1. The fourth-order valence-corrected chi connectivity index (χ4v) is 2.42. The normalized spacial score (nSPS) is 12.2. The summed E-state index contributed by atoms with van der Waals surface area (Å²) in [5.74, 6) is -0.163. The van der Waals surface area contributed by atoms with Crippen LogP contribution >= 0.6 is 34.8 Å². The Labute approximate surface area is 164 Å². The van der Waals surface area contributed by atoms with Gasteiger partial charge in [0.05, 0.1) is 17.7 Å². The summed E-state index contributed by atoms with van der Waals surface area (Å²) in [5.41, 5.74) is 0.326. The van der Waals surface area contributed by atoms with Gasteiger partial charge in [0.15, 0.2) is 0 Å². The van der Waals surface area contributed by atoms with Crippen LogP contribution in [0.4, 0.5) is 11.4 Å². The standard InChI is InChI=1S/C16H14Cl3N3O4/c1-26-13-8-3-2-7-12(13)20-15(16(17,18)19)21-14(23)10-5-4-6-11(9-10)22(24)25/h2-9,15,20H,1H3,(H,21,23). The van der Waals surface area contributed by atoms with Crippen LogP contribution in [0.2, 0.25) is 0 Å². The number of amides is 1. The monoisotopic (exact) mass is 417 g/mol. The predicted molar refractivity (Wildman–Crippen MR) is 101 cm³/mol. The molecule has 10 heteroatoms. The highest BCUT2D eigenvalue weighted by Gasteiger charge is 2.35. The van der Waals surface area contributed by atoms with Gasteiger partial charge in [0.2, 0.25) is 3.79 Å². The molecule has 0 radical (unpaired) electrons. The molecule has 0 aliphatic carbocycles. The summed E-state index contributed by atoms with van der Waals surface area (Å²) in [6.07, 6.45) is -1.13. The van der Waals surface area contributed by atoms with E-state index in [4.69, 9.17) is 39.5 Å². The number of alkyl halides is 3. The van der Waals surface area contributed by atoms with E-state index in [1.54, 1.807) is 24.3 Å². The fourth-order valence-electron chi connectivity index (χ4n) is 2.09. The molecule has 2 aromatic carbocycles. The molecule has 1 amide bonds. The molecule has 0 bridgehead atoms. The third kappa shape index (κ3) is 5.14. The van der Waals surface area contributed by atoms with Gasteiger partial charge < -0.3 is 15.4 Å². The van der Waals surface area contributed by atoms with E-state index in [1.165, 1.54) is 25.3 Å². The van der Waals surface area contributed by atoms with Gasteiger partial charge in [-0.2, -0.15) is 0 Å². The molecular formula is C16H14Cl3N3O4. The second-order valence-electron chi connectivity index (χ2n) is 5.10. The molecule has 2 aromatic rings. The highest BCUT2D eigenvalue weighted by atomic mass is 35.6. The Morgan fingerprint density at radius 1 is 1.19 bits per heavy atom. The maximum absolute atomic E-state index is 12.4. The lowest BCUT2D eigenvalue weighted by Crippen LogP contribution is -2.49. The molecule has 0 aliphatic heterocycles. The van der Waals surface area contributed by atoms with Crippen molar-refractivity contribution in [1.82, 2.24) is 5.32 Å². The summed E-state index contributed by atoms with van der Waals surface area (Å²) in [6.45, 7) is 0. The Bertz CT molecular complexity index is 811. The minimum atomic E-state index is -1.91. The lowest BCUT2D eigenvalue weighted by molar-refractivity contribution is -0.384. The Hall–Kier alpha value is -2.22. The molecule has 7 nitrogen and oxygen atoms in total. The van der Waals surface area contributed by atoms with Crippen LogP contribution in [0.15, 0.2) is 48.5 Å². The van der Waals surface area contributed by atoms with Crippen LogP contribution in [0.1, 0.15) is 10.4 Å². The quantitative estimate of drug-likeness (QED) is 0.318. The molecule has 0 heterocycles. The van der Waals surface area contributed by atoms with Gasteiger partial charge in [0.25, 0.3) is 11.6 Å². The molecular weight excluding hydrogens is 405 g/mol. The van der Waals surface area contributed by atoms with Gasteiger partial charge in [0, 0.05) is 17.7 Å². The van der Waals surface area contributed by atoms with Crippen LogP contribution in [0.25, 0.3) is 0 Å². The van der Waals surface area contributed by atoms with Crippen LogP contribution in [-0.2, 0) is 0 Å². The smallest absolute Gasteiger partial charge is 0.270 e. The van der Waals surface area contributed by atoms with Crippen LogP contribution in [0.5, 0.6) is 5.75 Å². The number of rotatable bonds is 6. The number of hydrogen-bond donors (Lipinski definition) is 2. The van der Waals surface area contributed by atoms with Gasteiger partial charge in [0.1, 0.15) is 11.9 Å². The molecule has 2 rings (SSSR count). The largest absolute Gasteiger partial charge is 0.495 e. The van der Waals surface area contributed by atoms with Crippen molar-refractivity contribution in [2.24, 2.45) is 0 Å². The molecule has 0 saturated carbocycles. The summed E-state index contributed by atoms with van der Waals surface area (Å²) in [5, 5.41) is 16.3. The number of nitrogens with zero attached hydrogens (tertiary/aromatic N) is 1. The van der Waals surface area contributed by atoms with E-state index in [2.05, 4.69) is 10.6 Å². The number of benzene rings is 2. The summed E-state index contributed by atoms with van der Waals surface area (Å²) < 4.78 is 3.31. The van der Waals surface area contributed by atoms with E-state index >= 15 is 0 Å². The molecule has 0 aromatic heterocycles. The van der Waals surface area contributed by atoms with Crippen molar-refractivity contribution in [1.29, 1.82) is 0 Å². The highest BCUT2D eigenvalue weighted by molar-refractivity contribution is 6.68. The first-order valence-electron chi connectivity index (χ1n) is 7.24. The van der Waals surface area contributed by atoms with Crippen LogP contribution in [0.3, 0.4) is 0 Å². The fraction of sp³-hybridized carbons (Fsp3) is 0.188. The average molecular weight is 419 g/mol. The Kier molecular flexibility index (Phi) is 6.52. The topological polar surface area (TPSA) is 93.5 Å². The lowest BCUT2D eigenvalue weighted by atomic mass is 10.2. The SMILES string of the molecule is COc1ccccc1NC(NC(=O)c1cccc([N+](=O)[O-])c1)C(Cl)(Cl)Cl. The van der Waals surface area contributed by atoms with Gasteiger partial charge in [-0.25, -0.2) is 0 Å². The van der Waals surface area contributed by atoms with E-state index < -0.39 is 20.8 Å². The molecule has 1 unspecified atom stereocenters. The van der Waals surface area contributed by atoms with Crippen LogP contribution in [-0.4, -0.2) is 27.9 Å². The molecule has 1 atom stereocenters. The number of ether oxygens (including phenoxy) is 1. The van der Waals surface area contributed by atoms with E-state index in [0.717, 1.165) is 6.07 Å². The highest BCUT2D eigenvalue weighted by Crippen LogP contribution is 2.33. The molecule has 26 heavy (non-hydrogen) atoms. The van der Waals surface area contributed by atoms with Crippen molar-refractivity contribution in [3.8, 4) is 5.75 Å². The van der Waals surface area contributed by atoms with Gasteiger partial charge in [-0.05, 0) is 18.2 Å². The van der Waals surface area contributed by atoms with Crippen molar-refractivity contribution in [2.45, 2.75) is 9.96 Å². The van der Waals surface area contributed by atoms with Crippen molar-refractivity contribution in [3.63, 3.8) is 0 Å². The molecule has 138 valence electrons. The minimum absolute atomic E-state index is 0.0558. The van der Waals surface area contributed by atoms with E-state index in [0.29, 0.717) is 11.4 Å². The van der Waals surface area contributed by atoms with Crippen molar-refractivity contribution in [3.05, 3.63) is 64.2 Å². The van der Waals surface area contributed by atoms with E-state index in [-0.39, 0.29) is 11.3 Å². The zero-order valence-corrected chi connectivity index (χ0v) is 15.7. The van der Waals surface area contributed by atoms with Gasteiger partial charge in [-0.15, -0.1) is 0 Å². The number of carbonyl (C=O) groups excluding carboxylic acids is 1. The molecule has 0 spiro atoms. The number of nitrogens with one attached hydrogen (secondary N) is 2. The second-order valence-corrected chi connectivity index (χ2v) is 7.47.